The van der Waals surface area contributed by atoms with Crippen LogP contribution in [0.25, 0.3) is 0 Å². The molecule has 0 bridgehead atoms. The number of nitrogens with zero attached hydrogens (tertiary/aromatic N) is 2. The van der Waals surface area contributed by atoms with Gasteiger partial charge in [-0.25, -0.2) is 4.79 Å². The molecule has 0 spiro atoms. The van der Waals surface area contributed by atoms with Crippen LogP contribution in [0.3, 0.4) is 0 Å². The summed E-state index contributed by atoms with van der Waals surface area (Å²) in [5.74, 6) is -0.0150. The fourth-order valence-corrected chi connectivity index (χ4v) is 2.32. The molecule has 0 aromatic heterocycles. The lowest BCUT2D eigenvalue weighted by Gasteiger charge is -2.42. The van der Waals surface area contributed by atoms with E-state index in [1.54, 1.807) is 38.4 Å². The number of urea groups is 1. The van der Waals surface area contributed by atoms with E-state index < -0.39 is 0 Å². The summed E-state index contributed by atoms with van der Waals surface area (Å²) < 4.78 is 5.44. The quantitative estimate of drug-likeness (QED) is 0.909. The molecule has 0 radical (unpaired) electrons. The Balaban J connectivity index is 2.09. The molecule has 2 rings (SSSR count). The van der Waals surface area contributed by atoms with Crippen LogP contribution in [0.2, 0.25) is 0 Å². The highest BCUT2D eigenvalue weighted by atomic mass is 16.5. The zero-order chi connectivity index (χ0) is 16.3. The number of carbonyl (C=O) groups is 2. The Bertz CT molecular complexity index is 552. The first-order valence-corrected chi connectivity index (χ1v) is 7.29. The fraction of sp³-hybridized carbons (Fsp3) is 0.500. The second-order valence-corrected chi connectivity index (χ2v) is 6.22. The number of anilines is 1. The Kier molecular flexibility index (Phi) is 4.71. The van der Waals surface area contributed by atoms with Crippen molar-refractivity contribution in [3.8, 4) is 0 Å². The van der Waals surface area contributed by atoms with Crippen LogP contribution in [-0.2, 0) is 4.74 Å². The number of hydrogen-bond acceptors (Lipinski definition) is 3. The molecule has 1 aliphatic rings. The van der Waals surface area contributed by atoms with Gasteiger partial charge in [-0.3, -0.25) is 4.79 Å². The summed E-state index contributed by atoms with van der Waals surface area (Å²) in [5.41, 5.74) is 0.960. The van der Waals surface area contributed by atoms with E-state index in [-0.39, 0.29) is 17.5 Å². The third kappa shape index (κ3) is 3.57. The molecule has 1 fully saturated rings. The molecule has 0 saturated carbocycles. The van der Waals surface area contributed by atoms with E-state index in [0.717, 1.165) is 0 Å². The van der Waals surface area contributed by atoms with Gasteiger partial charge in [0.15, 0.2) is 0 Å². The molecule has 0 unspecified atom stereocenters. The third-order valence-corrected chi connectivity index (χ3v) is 3.68. The van der Waals surface area contributed by atoms with Gasteiger partial charge in [-0.15, -0.1) is 0 Å². The standard InChI is InChI=1S/C16H23N3O3/c1-16(2)11-22-10-9-19(16)14(20)12-5-7-13(8-6-12)17-15(21)18(3)4/h5-8H,9-11H2,1-4H3,(H,17,21). The monoisotopic (exact) mass is 305 g/mol. The minimum Gasteiger partial charge on any atom is -0.377 e. The van der Waals surface area contributed by atoms with Crippen LogP contribution in [0, 0.1) is 0 Å². The highest BCUT2D eigenvalue weighted by molar-refractivity contribution is 5.96. The number of amides is 3. The fourth-order valence-electron chi connectivity index (χ4n) is 2.32. The van der Waals surface area contributed by atoms with Gasteiger partial charge in [0, 0.05) is 31.9 Å². The normalized spacial score (nSPS) is 17.0. The summed E-state index contributed by atoms with van der Waals surface area (Å²) >= 11 is 0. The molecule has 1 saturated heterocycles. The van der Waals surface area contributed by atoms with Crippen LogP contribution < -0.4 is 5.32 Å². The summed E-state index contributed by atoms with van der Waals surface area (Å²) in [4.78, 5) is 27.5. The molecular weight excluding hydrogens is 282 g/mol. The predicted octanol–water partition coefficient (Wildman–Crippen LogP) is 2.03. The van der Waals surface area contributed by atoms with Crippen LogP contribution in [0.4, 0.5) is 10.5 Å². The molecule has 0 atom stereocenters. The molecule has 1 aromatic carbocycles. The van der Waals surface area contributed by atoms with Gasteiger partial charge in [0.25, 0.3) is 5.91 Å². The minimum absolute atomic E-state index is 0.0150. The third-order valence-electron chi connectivity index (χ3n) is 3.68. The zero-order valence-electron chi connectivity index (χ0n) is 13.5. The van der Waals surface area contributed by atoms with Gasteiger partial charge < -0.3 is 19.9 Å². The Morgan fingerprint density at radius 3 is 2.41 bits per heavy atom. The molecule has 1 aliphatic heterocycles. The SMILES string of the molecule is CN(C)C(=O)Nc1ccc(C(=O)N2CCOCC2(C)C)cc1. The van der Waals surface area contributed by atoms with E-state index in [2.05, 4.69) is 5.32 Å². The average Bonchev–Trinajstić information content (AvgIpc) is 2.46. The molecule has 3 amide bonds. The van der Waals surface area contributed by atoms with Crippen molar-refractivity contribution in [1.82, 2.24) is 9.80 Å². The predicted molar refractivity (Wildman–Crippen MR) is 85.1 cm³/mol. The van der Waals surface area contributed by atoms with Crippen molar-refractivity contribution in [1.29, 1.82) is 0 Å². The van der Waals surface area contributed by atoms with Crippen LogP contribution in [0.15, 0.2) is 24.3 Å². The van der Waals surface area contributed by atoms with E-state index in [1.165, 1.54) is 4.90 Å². The number of ether oxygens (including phenoxy) is 1. The highest BCUT2D eigenvalue weighted by Crippen LogP contribution is 2.22. The molecule has 1 heterocycles. The molecule has 6 heteroatoms. The minimum atomic E-state index is -0.312. The molecule has 0 aliphatic carbocycles. The van der Waals surface area contributed by atoms with Gasteiger partial charge >= 0.3 is 6.03 Å². The highest BCUT2D eigenvalue weighted by Gasteiger charge is 2.34. The van der Waals surface area contributed by atoms with Crippen LogP contribution in [0.5, 0.6) is 0 Å². The van der Waals surface area contributed by atoms with E-state index in [4.69, 9.17) is 4.74 Å². The van der Waals surface area contributed by atoms with Crippen LogP contribution in [0.1, 0.15) is 24.2 Å². The number of rotatable bonds is 2. The van der Waals surface area contributed by atoms with Gasteiger partial charge in [-0.05, 0) is 38.1 Å². The van der Waals surface area contributed by atoms with Crippen molar-refractivity contribution < 1.29 is 14.3 Å². The lowest BCUT2D eigenvalue weighted by atomic mass is 10.0. The maximum atomic E-state index is 12.6. The summed E-state index contributed by atoms with van der Waals surface area (Å²) in [6, 6.07) is 6.75. The maximum absolute atomic E-state index is 12.6. The smallest absolute Gasteiger partial charge is 0.321 e. The first-order chi connectivity index (χ1) is 10.3. The number of carbonyl (C=O) groups excluding carboxylic acids is 2. The zero-order valence-corrected chi connectivity index (χ0v) is 13.5. The van der Waals surface area contributed by atoms with Crippen molar-refractivity contribution in [2.24, 2.45) is 0 Å². The largest absolute Gasteiger partial charge is 0.377 e. The maximum Gasteiger partial charge on any atom is 0.321 e. The number of benzene rings is 1. The van der Waals surface area contributed by atoms with Gasteiger partial charge in [0.2, 0.25) is 0 Å². The Labute approximate surface area is 131 Å². The summed E-state index contributed by atoms with van der Waals surface area (Å²) in [6.07, 6.45) is 0. The molecular formula is C16H23N3O3. The summed E-state index contributed by atoms with van der Waals surface area (Å²) in [6.45, 7) is 5.68. The van der Waals surface area contributed by atoms with E-state index in [0.29, 0.717) is 31.0 Å². The first kappa shape index (κ1) is 16.3. The van der Waals surface area contributed by atoms with Crippen molar-refractivity contribution in [2.45, 2.75) is 19.4 Å². The summed E-state index contributed by atoms with van der Waals surface area (Å²) in [7, 11) is 3.35. The molecule has 120 valence electrons. The van der Waals surface area contributed by atoms with Gasteiger partial charge in [-0.1, -0.05) is 0 Å². The lowest BCUT2D eigenvalue weighted by molar-refractivity contribution is -0.0370. The summed E-state index contributed by atoms with van der Waals surface area (Å²) in [5, 5.41) is 2.75. The number of morpholine rings is 1. The molecule has 22 heavy (non-hydrogen) atoms. The van der Waals surface area contributed by atoms with Gasteiger partial charge in [0.05, 0.1) is 18.8 Å². The lowest BCUT2D eigenvalue weighted by Crippen LogP contribution is -2.55. The van der Waals surface area contributed by atoms with Crippen molar-refractivity contribution >= 4 is 17.6 Å². The number of hydrogen-bond donors (Lipinski definition) is 1. The van der Waals surface area contributed by atoms with Gasteiger partial charge in [0.1, 0.15) is 0 Å². The van der Waals surface area contributed by atoms with E-state index >= 15 is 0 Å². The second kappa shape index (κ2) is 6.36. The van der Waals surface area contributed by atoms with Crippen molar-refractivity contribution in [3.63, 3.8) is 0 Å². The number of nitrogens with one attached hydrogen (secondary N) is 1. The van der Waals surface area contributed by atoms with Crippen molar-refractivity contribution in [3.05, 3.63) is 29.8 Å². The first-order valence-electron chi connectivity index (χ1n) is 7.29. The van der Waals surface area contributed by atoms with E-state index in [1.807, 2.05) is 18.7 Å². The molecule has 1 N–H and O–H groups in total. The Morgan fingerprint density at radius 1 is 1.23 bits per heavy atom. The van der Waals surface area contributed by atoms with Gasteiger partial charge in [-0.2, -0.15) is 0 Å². The second-order valence-electron chi connectivity index (χ2n) is 6.22. The van der Waals surface area contributed by atoms with E-state index in [9.17, 15) is 9.59 Å². The van der Waals surface area contributed by atoms with Crippen LogP contribution >= 0.6 is 0 Å². The Hall–Kier alpha value is -2.08. The van der Waals surface area contributed by atoms with Crippen molar-refractivity contribution in [2.75, 3.05) is 39.2 Å². The average molecular weight is 305 g/mol. The van der Waals surface area contributed by atoms with Crippen LogP contribution in [-0.4, -0.2) is 61.1 Å². The Morgan fingerprint density at radius 2 is 1.86 bits per heavy atom. The topological polar surface area (TPSA) is 61.9 Å². The molecule has 6 nitrogen and oxygen atoms in total. The molecule has 1 aromatic rings.